The van der Waals surface area contributed by atoms with Crippen LogP contribution < -0.4 is 0 Å². The monoisotopic (exact) mass is 459 g/mol. The first-order chi connectivity index (χ1) is 13.3. The maximum Gasteiger partial charge on any atom is 0.274 e. The van der Waals surface area contributed by atoms with Crippen LogP contribution in [0.5, 0.6) is 5.88 Å². The standard InChI is InChI=1S/C21H22BrN3O2S/c1-11(2)14-5-6-17-15(9-14)20(21(27)23-17)25-24-19(26)10-28-18-8-12(3)16(22)7-13(18)4/h5-9,11,23,27H,10H2,1-4H3. The molecule has 3 rings (SSSR count). The van der Waals surface area contributed by atoms with Gasteiger partial charge in [-0.15, -0.1) is 22.0 Å². The highest BCUT2D eigenvalue weighted by atomic mass is 79.9. The fourth-order valence-corrected chi connectivity index (χ4v) is 4.17. The van der Waals surface area contributed by atoms with Gasteiger partial charge in [0.15, 0.2) is 5.69 Å². The number of rotatable bonds is 5. The largest absolute Gasteiger partial charge is 0.493 e. The van der Waals surface area contributed by atoms with Gasteiger partial charge in [0, 0.05) is 14.8 Å². The van der Waals surface area contributed by atoms with Gasteiger partial charge < -0.3 is 10.1 Å². The van der Waals surface area contributed by atoms with Gasteiger partial charge in [-0.2, -0.15) is 0 Å². The number of benzene rings is 2. The average molecular weight is 460 g/mol. The number of carbonyl (C=O) groups is 1. The third-order valence-corrected chi connectivity index (χ3v) is 6.51. The quantitative estimate of drug-likeness (QED) is 0.326. The molecule has 0 aliphatic rings. The summed E-state index contributed by atoms with van der Waals surface area (Å²) >= 11 is 4.95. The fourth-order valence-electron chi connectivity index (χ4n) is 2.83. The first-order valence-corrected chi connectivity index (χ1v) is 10.7. The highest BCUT2D eigenvalue weighted by Crippen LogP contribution is 2.37. The van der Waals surface area contributed by atoms with Gasteiger partial charge in [0.1, 0.15) is 0 Å². The van der Waals surface area contributed by atoms with E-state index in [-0.39, 0.29) is 17.5 Å². The zero-order valence-corrected chi connectivity index (χ0v) is 18.6. The van der Waals surface area contributed by atoms with Gasteiger partial charge >= 0.3 is 0 Å². The van der Waals surface area contributed by atoms with E-state index in [2.05, 4.69) is 45.0 Å². The van der Waals surface area contributed by atoms with E-state index in [1.807, 2.05) is 44.2 Å². The van der Waals surface area contributed by atoms with Crippen molar-refractivity contribution in [2.75, 3.05) is 5.75 Å². The molecular weight excluding hydrogens is 438 g/mol. The van der Waals surface area contributed by atoms with Crippen LogP contribution >= 0.6 is 27.7 Å². The summed E-state index contributed by atoms with van der Waals surface area (Å²) in [4.78, 5) is 16.1. The SMILES string of the molecule is Cc1cc(SCC(=O)N=Nc2c(O)[nH]c3ccc(C(C)C)cc23)c(C)cc1Br. The van der Waals surface area contributed by atoms with Gasteiger partial charge in [0.25, 0.3) is 5.91 Å². The number of hydrogen-bond acceptors (Lipinski definition) is 4. The topological polar surface area (TPSA) is 77.8 Å². The molecule has 0 saturated carbocycles. The molecule has 7 heteroatoms. The van der Waals surface area contributed by atoms with Crippen LogP contribution in [0.1, 0.15) is 36.5 Å². The molecule has 0 fully saturated rings. The summed E-state index contributed by atoms with van der Waals surface area (Å²) in [7, 11) is 0. The Balaban J connectivity index is 1.76. The number of aromatic amines is 1. The zero-order valence-electron chi connectivity index (χ0n) is 16.2. The van der Waals surface area contributed by atoms with E-state index >= 15 is 0 Å². The van der Waals surface area contributed by atoms with Gasteiger partial charge in [0.05, 0.1) is 11.3 Å². The van der Waals surface area contributed by atoms with Crippen LogP contribution in [0.15, 0.2) is 49.9 Å². The second-order valence-electron chi connectivity index (χ2n) is 7.03. The molecule has 1 amide bonds. The lowest BCUT2D eigenvalue weighted by molar-refractivity contribution is -0.115. The van der Waals surface area contributed by atoms with E-state index in [0.717, 1.165) is 37.0 Å². The first kappa shape index (κ1) is 20.6. The summed E-state index contributed by atoms with van der Waals surface area (Å²) in [5.74, 6) is 0.103. The maximum atomic E-state index is 12.2. The van der Waals surface area contributed by atoms with Crippen molar-refractivity contribution in [3.63, 3.8) is 0 Å². The Morgan fingerprint density at radius 2 is 1.96 bits per heavy atom. The van der Waals surface area contributed by atoms with Crippen molar-refractivity contribution < 1.29 is 9.90 Å². The number of nitrogens with one attached hydrogen (secondary N) is 1. The number of nitrogens with zero attached hydrogens (tertiary/aromatic N) is 2. The number of aromatic hydroxyl groups is 1. The second-order valence-corrected chi connectivity index (χ2v) is 8.90. The van der Waals surface area contributed by atoms with Crippen molar-refractivity contribution in [3.05, 3.63) is 51.5 Å². The smallest absolute Gasteiger partial charge is 0.274 e. The van der Waals surface area contributed by atoms with Crippen LogP contribution in [0.4, 0.5) is 5.69 Å². The van der Waals surface area contributed by atoms with Crippen LogP contribution in [-0.2, 0) is 4.79 Å². The summed E-state index contributed by atoms with van der Waals surface area (Å²) in [5.41, 5.74) is 4.41. The van der Waals surface area contributed by atoms with Gasteiger partial charge in [-0.1, -0.05) is 35.8 Å². The minimum Gasteiger partial charge on any atom is -0.493 e. The van der Waals surface area contributed by atoms with Crippen molar-refractivity contribution in [2.45, 2.75) is 38.5 Å². The summed E-state index contributed by atoms with van der Waals surface area (Å²) in [6, 6.07) is 9.97. The predicted molar refractivity (Wildman–Crippen MR) is 118 cm³/mol. The molecule has 0 saturated heterocycles. The first-order valence-electron chi connectivity index (χ1n) is 8.95. The minimum atomic E-state index is -0.348. The molecule has 3 aromatic rings. The highest BCUT2D eigenvalue weighted by Gasteiger charge is 2.13. The summed E-state index contributed by atoms with van der Waals surface area (Å²) in [5, 5.41) is 18.8. The summed E-state index contributed by atoms with van der Waals surface area (Å²) in [6.45, 7) is 8.22. The molecule has 1 aromatic heterocycles. The van der Waals surface area contributed by atoms with Gasteiger partial charge in [-0.3, -0.25) is 4.79 Å². The molecular formula is C21H22BrN3O2S. The molecule has 5 nitrogen and oxygen atoms in total. The number of halogens is 1. The number of thioether (sulfide) groups is 1. The zero-order chi connectivity index (χ0) is 20.4. The van der Waals surface area contributed by atoms with E-state index in [0.29, 0.717) is 11.6 Å². The molecule has 0 bridgehead atoms. The molecule has 0 aliphatic carbocycles. The molecule has 146 valence electrons. The molecule has 0 aliphatic heterocycles. The van der Waals surface area contributed by atoms with Crippen molar-refractivity contribution in [3.8, 4) is 5.88 Å². The lowest BCUT2D eigenvalue weighted by Crippen LogP contribution is -1.96. The number of fused-ring (bicyclic) bond motifs is 1. The van der Waals surface area contributed by atoms with Crippen LogP contribution in [0.3, 0.4) is 0 Å². The lowest BCUT2D eigenvalue weighted by atomic mass is 10.0. The molecule has 2 N–H and O–H groups in total. The Kier molecular flexibility index (Phi) is 6.25. The van der Waals surface area contributed by atoms with Crippen molar-refractivity contribution in [2.24, 2.45) is 10.2 Å². The van der Waals surface area contributed by atoms with Crippen molar-refractivity contribution in [1.82, 2.24) is 4.98 Å². The number of hydrogen-bond donors (Lipinski definition) is 2. The molecule has 1 heterocycles. The Bertz CT molecular complexity index is 1070. The van der Waals surface area contributed by atoms with E-state index in [1.54, 1.807) is 0 Å². The molecule has 0 unspecified atom stereocenters. The van der Waals surface area contributed by atoms with Crippen LogP contribution in [0.25, 0.3) is 10.9 Å². The van der Waals surface area contributed by atoms with E-state index in [1.165, 1.54) is 11.8 Å². The van der Waals surface area contributed by atoms with Gasteiger partial charge in [-0.05, 0) is 60.7 Å². The van der Waals surface area contributed by atoms with Crippen molar-refractivity contribution in [1.29, 1.82) is 0 Å². The Morgan fingerprint density at radius 1 is 1.21 bits per heavy atom. The number of amides is 1. The molecule has 2 aromatic carbocycles. The third kappa shape index (κ3) is 4.47. The van der Waals surface area contributed by atoms with Crippen molar-refractivity contribution >= 4 is 50.2 Å². The third-order valence-electron chi connectivity index (χ3n) is 4.51. The maximum absolute atomic E-state index is 12.2. The number of aromatic nitrogens is 1. The summed E-state index contributed by atoms with van der Waals surface area (Å²) in [6.07, 6.45) is 0. The predicted octanol–water partition coefficient (Wildman–Crippen LogP) is 6.78. The van der Waals surface area contributed by atoms with Gasteiger partial charge in [0.2, 0.25) is 5.88 Å². The van der Waals surface area contributed by atoms with Crippen LogP contribution in [0.2, 0.25) is 0 Å². The van der Waals surface area contributed by atoms with Gasteiger partial charge in [-0.25, -0.2) is 0 Å². The summed E-state index contributed by atoms with van der Waals surface area (Å²) < 4.78 is 1.05. The normalized spacial score (nSPS) is 11.8. The van der Waals surface area contributed by atoms with E-state index in [4.69, 9.17) is 0 Å². The average Bonchev–Trinajstić information content (AvgIpc) is 2.96. The van der Waals surface area contributed by atoms with E-state index < -0.39 is 0 Å². The van der Waals surface area contributed by atoms with Crippen LogP contribution in [-0.4, -0.2) is 21.8 Å². The van der Waals surface area contributed by atoms with Crippen LogP contribution in [0, 0.1) is 13.8 Å². The minimum absolute atomic E-state index is 0.0838. The fraction of sp³-hybridized carbons (Fsp3) is 0.286. The molecule has 0 radical (unpaired) electrons. The lowest BCUT2D eigenvalue weighted by Gasteiger charge is -2.07. The Morgan fingerprint density at radius 3 is 2.68 bits per heavy atom. The number of azo groups is 1. The van der Waals surface area contributed by atoms with E-state index in [9.17, 15) is 9.90 Å². The number of aryl methyl sites for hydroxylation is 2. The molecule has 0 spiro atoms. The Labute approximate surface area is 176 Å². The molecule has 0 atom stereocenters. The number of H-pyrrole nitrogens is 1. The number of carbonyl (C=O) groups excluding carboxylic acids is 1. The highest BCUT2D eigenvalue weighted by molar-refractivity contribution is 9.10. The second kappa shape index (κ2) is 8.49. The molecule has 28 heavy (non-hydrogen) atoms. The Hall–Kier alpha value is -2.12.